The molecule has 0 saturated carbocycles. The Kier molecular flexibility index (Phi) is 7.91. The maximum absolute atomic E-state index is 13.0. The fourth-order valence-electron chi connectivity index (χ4n) is 2.91. The molecule has 28 heavy (non-hydrogen) atoms. The fraction of sp³-hybridized carbons (Fsp3) is 0.400. The highest BCUT2D eigenvalue weighted by atomic mass is 32.2. The topological polar surface area (TPSA) is 71.5 Å². The van der Waals surface area contributed by atoms with Gasteiger partial charge in [-0.25, -0.2) is 9.19 Å². The predicted molar refractivity (Wildman–Crippen MR) is 115 cm³/mol. The number of hydrogen-bond acceptors (Lipinski definition) is 5. The van der Waals surface area contributed by atoms with Crippen LogP contribution in [0.1, 0.15) is 30.7 Å². The second kappa shape index (κ2) is 9.95. The van der Waals surface area contributed by atoms with Crippen LogP contribution in [0.3, 0.4) is 0 Å². The minimum Gasteiger partial charge on any atom is -0.388 e. The molecule has 1 aliphatic rings. The van der Waals surface area contributed by atoms with Crippen molar-refractivity contribution in [2.75, 3.05) is 26.6 Å². The van der Waals surface area contributed by atoms with Gasteiger partial charge in [0, 0.05) is 32.3 Å². The Morgan fingerprint density at radius 1 is 1.36 bits per heavy atom. The zero-order chi connectivity index (χ0) is 20.8. The first kappa shape index (κ1) is 22.3. The first-order valence-electron chi connectivity index (χ1n) is 8.98. The van der Waals surface area contributed by atoms with E-state index in [1.165, 1.54) is 11.3 Å². The zero-order valence-corrected chi connectivity index (χ0v) is 18.7. The van der Waals surface area contributed by atoms with Gasteiger partial charge < -0.3 is 4.74 Å². The van der Waals surface area contributed by atoms with E-state index in [-0.39, 0.29) is 11.8 Å². The number of aryl methyl sites for hydroxylation is 1. The number of amides is 1. The highest BCUT2D eigenvalue weighted by molar-refractivity contribution is 7.83. The van der Waals surface area contributed by atoms with E-state index in [0.29, 0.717) is 10.8 Å². The van der Waals surface area contributed by atoms with Crippen LogP contribution in [-0.2, 0) is 20.5 Å². The summed E-state index contributed by atoms with van der Waals surface area (Å²) in [5, 5.41) is 3.41. The fourth-order valence-corrected chi connectivity index (χ4v) is 4.77. The van der Waals surface area contributed by atoms with Crippen molar-refractivity contribution in [2.24, 2.45) is 5.92 Å². The van der Waals surface area contributed by atoms with Crippen molar-refractivity contribution in [3.63, 3.8) is 0 Å². The smallest absolute Gasteiger partial charge is 0.274 e. The summed E-state index contributed by atoms with van der Waals surface area (Å²) in [5.41, 5.74) is 2.29. The van der Waals surface area contributed by atoms with Crippen molar-refractivity contribution in [3.8, 4) is 0 Å². The van der Waals surface area contributed by atoms with Gasteiger partial charge in [0.15, 0.2) is 16.1 Å². The van der Waals surface area contributed by atoms with Crippen LogP contribution in [0.5, 0.6) is 0 Å². The molecule has 0 radical (unpaired) electrons. The Hall–Kier alpha value is -2.03. The van der Waals surface area contributed by atoms with E-state index in [1.807, 2.05) is 31.2 Å². The van der Waals surface area contributed by atoms with Crippen LogP contribution < -0.4 is 5.32 Å². The van der Waals surface area contributed by atoms with E-state index >= 15 is 0 Å². The molecule has 1 amide bonds. The molecular weight excluding hydrogens is 394 g/mol. The van der Waals surface area contributed by atoms with Crippen LogP contribution in [0.15, 0.2) is 41.1 Å². The third kappa shape index (κ3) is 4.68. The lowest BCUT2D eigenvalue weighted by Crippen LogP contribution is -2.35. The van der Waals surface area contributed by atoms with Crippen LogP contribution in [0.25, 0.3) is 5.57 Å². The van der Waals surface area contributed by atoms with Crippen molar-refractivity contribution >= 4 is 38.9 Å². The third-order valence-corrected chi connectivity index (χ3v) is 6.59. The number of fused-ring (bicyclic) bond motifs is 1. The summed E-state index contributed by atoms with van der Waals surface area (Å²) in [6, 6.07) is 7.61. The number of aromatic nitrogens is 1. The highest BCUT2D eigenvalue weighted by Gasteiger charge is 2.34. The molecule has 2 atom stereocenters. The maximum Gasteiger partial charge on any atom is 0.274 e. The van der Waals surface area contributed by atoms with E-state index in [4.69, 9.17) is 0 Å². The lowest BCUT2D eigenvalue weighted by Gasteiger charge is -2.32. The molecule has 0 spiro atoms. The number of likely N-dealkylation sites (N-methyl/N-ethyl adjacent to an activating group) is 1. The van der Waals surface area contributed by atoms with Crippen molar-refractivity contribution in [1.82, 2.24) is 9.29 Å². The van der Waals surface area contributed by atoms with Gasteiger partial charge in [0.05, 0.1) is 4.90 Å². The summed E-state index contributed by atoms with van der Waals surface area (Å²) < 4.78 is 18.7. The van der Waals surface area contributed by atoms with E-state index in [9.17, 15) is 9.00 Å². The molecule has 1 aromatic carbocycles. The molecular formula is C20H27N3O3S2. The first-order chi connectivity index (χ1) is 13.3. The quantitative estimate of drug-likeness (QED) is 0.807. The predicted octanol–water partition coefficient (Wildman–Crippen LogP) is 4.08. The second-order valence-corrected chi connectivity index (χ2v) is 9.17. The lowest BCUT2D eigenvalue weighted by molar-refractivity contribution is -0.113. The number of carbonyl (C=O) groups is 1. The van der Waals surface area contributed by atoms with Gasteiger partial charge in [-0.1, -0.05) is 32.0 Å². The molecule has 0 aliphatic carbocycles. The van der Waals surface area contributed by atoms with Crippen molar-refractivity contribution in [2.45, 2.75) is 32.1 Å². The standard InChI is InChI=1S/C18H21N3O2S2.C2H6O/c1-5-11(2)15-13-8-6-7-9-14(13)25(23)21(4)16(15)17(22)20-18-19-10-12(3)24-18;1-3-2/h6-11H,5H2,1-4H3,(H,19,20,22);1-2H3. The molecule has 0 fully saturated rings. The van der Waals surface area contributed by atoms with Crippen molar-refractivity contribution in [3.05, 3.63) is 46.6 Å². The lowest BCUT2D eigenvalue weighted by atomic mass is 9.89. The van der Waals surface area contributed by atoms with E-state index in [0.717, 1.165) is 27.3 Å². The van der Waals surface area contributed by atoms with Crippen molar-refractivity contribution in [1.29, 1.82) is 0 Å². The summed E-state index contributed by atoms with van der Waals surface area (Å²) in [6.07, 6.45) is 2.61. The molecule has 8 heteroatoms. The van der Waals surface area contributed by atoms with Crippen LogP contribution >= 0.6 is 11.3 Å². The summed E-state index contributed by atoms with van der Waals surface area (Å²) in [7, 11) is 3.55. The minimum absolute atomic E-state index is 0.166. The number of allylic oxidation sites excluding steroid dienone is 1. The number of nitrogens with one attached hydrogen (secondary N) is 1. The average Bonchev–Trinajstić information content (AvgIpc) is 3.09. The SMILES string of the molecule is CCC(C)C1=C(C(=O)Nc2ncc(C)s2)N(C)S(=O)c2ccccc21.COC. The summed E-state index contributed by atoms with van der Waals surface area (Å²) >= 11 is 1.42. The van der Waals surface area contributed by atoms with Gasteiger partial charge in [-0.05, 0) is 36.5 Å². The summed E-state index contributed by atoms with van der Waals surface area (Å²) in [5.74, 6) is -0.102. The van der Waals surface area contributed by atoms with Crippen LogP contribution in [-0.4, -0.2) is 40.7 Å². The molecule has 2 unspecified atom stereocenters. The maximum atomic E-state index is 13.0. The van der Waals surface area contributed by atoms with Crippen molar-refractivity contribution < 1.29 is 13.7 Å². The number of nitrogens with zero attached hydrogens (tertiary/aromatic N) is 2. The van der Waals surface area contributed by atoms with Crippen LogP contribution in [0, 0.1) is 12.8 Å². The van der Waals surface area contributed by atoms with Gasteiger partial charge in [0.25, 0.3) is 5.91 Å². The number of benzene rings is 1. The molecule has 152 valence electrons. The van der Waals surface area contributed by atoms with Gasteiger partial charge in [-0.15, -0.1) is 11.3 Å². The number of methoxy groups -OCH3 is 1. The molecule has 2 aromatic rings. The summed E-state index contributed by atoms with van der Waals surface area (Å²) in [6.45, 7) is 6.12. The molecule has 0 saturated heterocycles. The Bertz CT molecular complexity index is 892. The largest absolute Gasteiger partial charge is 0.388 e. The van der Waals surface area contributed by atoms with E-state index < -0.39 is 11.0 Å². The first-order valence-corrected chi connectivity index (χ1v) is 10.9. The molecule has 1 aromatic heterocycles. The minimum atomic E-state index is -1.40. The molecule has 1 aliphatic heterocycles. The monoisotopic (exact) mass is 421 g/mol. The van der Waals surface area contributed by atoms with Crippen LogP contribution in [0.4, 0.5) is 5.13 Å². The van der Waals surface area contributed by atoms with E-state index in [1.54, 1.807) is 31.8 Å². The van der Waals surface area contributed by atoms with Gasteiger partial charge in [0.2, 0.25) is 0 Å². The number of ether oxygens (including phenoxy) is 1. The number of carbonyl (C=O) groups excluding carboxylic acids is 1. The van der Waals surface area contributed by atoms with Gasteiger partial charge in [-0.3, -0.25) is 14.4 Å². The number of anilines is 1. The molecule has 2 heterocycles. The van der Waals surface area contributed by atoms with Gasteiger partial charge in [-0.2, -0.15) is 0 Å². The van der Waals surface area contributed by atoms with Gasteiger partial charge in [0.1, 0.15) is 5.70 Å². The Morgan fingerprint density at radius 3 is 2.57 bits per heavy atom. The van der Waals surface area contributed by atoms with E-state index in [2.05, 4.69) is 28.9 Å². The van der Waals surface area contributed by atoms with Gasteiger partial charge >= 0.3 is 0 Å². The summed E-state index contributed by atoms with van der Waals surface area (Å²) in [4.78, 5) is 19.0. The second-order valence-electron chi connectivity index (χ2n) is 6.45. The molecule has 1 N–H and O–H groups in total. The normalized spacial score (nSPS) is 16.8. The zero-order valence-electron chi connectivity index (χ0n) is 17.1. The number of hydrogen-bond donors (Lipinski definition) is 1. The Balaban J connectivity index is 0.000000878. The average molecular weight is 422 g/mol. The number of thiazole rings is 1. The molecule has 0 bridgehead atoms. The highest BCUT2D eigenvalue weighted by Crippen LogP contribution is 2.39. The number of rotatable bonds is 4. The Morgan fingerprint density at radius 2 is 2.00 bits per heavy atom. The van der Waals surface area contributed by atoms with Crippen LogP contribution in [0.2, 0.25) is 0 Å². The third-order valence-electron chi connectivity index (χ3n) is 4.35. The molecule has 3 rings (SSSR count). The molecule has 6 nitrogen and oxygen atoms in total. The Labute approximate surface area is 173 Å².